The molecule has 0 radical (unpaired) electrons. The number of hydrogen-bond donors (Lipinski definition) is 2. The van der Waals surface area contributed by atoms with Crippen LogP contribution in [0.1, 0.15) is 11.1 Å². The van der Waals surface area contributed by atoms with Crippen molar-refractivity contribution in [2.24, 2.45) is 0 Å². The molecule has 2 aromatic rings. The Morgan fingerprint density at radius 2 is 0.929 bits per heavy atom. The third-order valence-electron chi connectivity index (χ3n) is 3.52. The third-order valence-corrected chi connectivity index (χ3v) is 4.95. The summed E-state index contributed by atoms with van der Waals surface area (Å²) < 4.78 is 11.9. The van der Waals surface area contributed by atoms with E-state index in [9.17, 15) is 0 Å². The van der Waals surface area contributed by atoms with Crippen LogP contribution in [0.2, 0.25) is 39.3 Å². The fraction of sp³-hybridized carbons (Fsp3) is 0.273. The van der Waals surface area contributed by atoms with E-state index >= 15 is 0 Å². The van der Waals surface area contributed by atoms with E-state index in [1.54, 1.807) is 0 Å². The summed E-state index contributed by atoms with van der Waals surface area (Å²) >= 11 is 0. The Hall–Kier alpha value is -2.13. The van der Waals surface area contributed by atoms with Gasteiger partial charge in [0.15, 0.2) is 0 Å². The van der Waals surface area contributed by atoms with Gasteiger partial charge in [0, 0.05) is 0 Å². The lowest BCUT2D eigenvalue weighted by atomic mass is 10.1. The minimum absolute atomic E-state index is 0.909. The van der Waals surface area contributed by atoms with Crippen molar-refractivity contribution in [1.82, 2.24) is 11.0 Å². The van der Waals surface area contributed by atoms with Crippen molar-refractivity contribution < 1.29 is 9.05 Å². The van der Waals surface area contributed by atoms with Gasteiger partial charge in [-0.1, -0.05) is 60.7 Å². The van der Waals surface area contributed by atoms with Gasteiger partial charge in [0.25, 0.3) is 0 Å². The van der Waals surface area contributed by atoms with Gasteiger partial charge in [0.05, 0.1) is 11.4 Å². The maximum Gasteiger partial charge on any atom is 0.220 e. The van der Waals surface area contributed by atoms with Crippen LogP contribution in [0.3, 0.4) is 0 Å². The number of hydrogen-bond acceptors (Lipinski definition) is 4. The third kappa shape index (κ3) is 8.27. The Morgan fingerprint density at radius 1 is 0.607 bits per heavy atom. The Kier molecular flexibility index (Phi) is 7.82. The number of allylic oxidation sites excluding steroid dienone is 2. The van der Waals surface area contributed by atoms with Crippen LogP contribution >= 0.6 is 0 Å². The van der Waals surface area contributed by atoms with E-state index in [4.69, 9.17) is 9.05 Å². The lowest BCUT2D eigenvalue weighted by molar-refractivity contribution is 0.243. The Balaban J connectivity index is 2.36. The van der Waals surface area contributed by atoms with Gasteiger partial charge in [0.2, 0.25) is 16.6 Å². The van der Waals surface area contributed by atoms with Gasteiger partial charge in [-0.3, -0.25) is 11.0 Å². The van der Waals surface area contributed by atoms with Crippen LogP contribution in [0.4, 0.5) is 0 Å². The number of benzene rings is 2. The van der Waals surface area contributed by atoms with Gasteiger partial charge in [-0.05, 0) is 62.6 Å². The van der Waals surface area contributed by atoms with Crippen molar-refractivity contribution in [2.75, 3.05) is 0 Å². The molecule has 4 nitrogen and oxygen atoms in total. The van der Waals surface area contributed by atoms with Gasteiger partial charge >= 0.3 is 0 Å². The van der Waals surface area contributed by atoms with Crippen LogP contribution in [0.15, 0.2) is 72.8 Å². The van der Waals surface area contributed by atoms with E-state index in [0.717, 1.165) is 22.5 Å². The molecule has 0 saturated carbocycles. The first kappa shape index (κ1) is 22.2. The zero-order valence-corrected chi connectivity index (χ0v) is 19.7. The van der Waals surface area contributed by atoms with Crippen LogP contribution in [0.25, 0.3) is 11.4 Å². The van der Waals surface area contributed by atoms with Crippen molar-refractivity contribution in [2.45, 2.75) is 39.3 Å². The van der Waals surface area contributed by atoms with Gasteiger partial charge < -0.3 is 9.05 Å². The maximum absolute atomic E-state index is 5.94. The van der Waals surface area contributed by atoms with Gasteiger partial charge in [-0.15, -0.1) is 0 Å². The summed E-state index contributed by atoms with van der Waals surface area (Å²) in [5.74, 6) is 0. The summed E-state index contributed by atoms with van der Waals surface area (Å²) in [6, 6.07) is 20.4. The van der Waals surface area contributed by atoms with Crippen LogP contribution < -0.4 is 11.0 Å². The molecule has 0 amide bonds. The zero-order valence-electron chi connectivity index (χ0n) is 17.7. The molecule has 0 unspecified atom stereocenters. The lowest BCUT2D eigenvalue weighted by Gasteiger charge is -2.21. The van der Waals surface area contributed by atoms with Crippen LogP contribution in [-0.4, -0.2) is 16.6 Å². The van der Waals surface area contributed by atoms with Crippen LogP contribution in [0, 0.1) is 0 Å². The summed E-state index contributed by atoms with van der Waals surface area (Å²) in [4.78, 5) is 0. The zero-order chi connectivity index (χ0) is 20.6. The van der Waals surface area contributed by atoms with Gasteiger partial charge in [-0.2, -0.15) is 0 Å². The molecule has 0 aromatic heterocycles. The molecule has 0 aliphatic carbocycles. The second kappa shape index (κ2) is 9.88. The van der Waals surface area contributed by atoms with Crippen LogP contribution in [0.5, 0.6) is 0 Å². The normalized spacial score (nSPS) is 13.4. The summed E-state index contributed by atoms with van der Waals surface area (Å²) in [5, 5.41) is 0. The molecule has 150 valence electrons. The van der Waals surface area contributed by atoms with E-state index < -0.39 is 16.6 Å². The quantitative estimate of drug-likeness (QED) is 0.311. The highest BCUT2D eigenvalue weighted by Crippen LogP contribution is 2.17. The molecule has 2 aromatic carbocycles. The number of hydroxylamine groups is 2. The van der Waals surface area contributed by atoms with Gasteiger partial charge in [0.1, 0.15) is 0 Å². The molecular formula is C22H32N2O2Si2. The van der Waals surface area contributed by atoms with Crippen molar-refractivity contribution in [1.29, 1.82) is 0 Å². The SMILES string of the molecule is C[Si](C)(C)ONC(=CC=C(NO[Si](C)(C)C)c1ccccc1)c1ccccc1. The topological polar surface area (TPSA) is 42.5 Å². The highest BCUT2D eigenvalue weighted by Gasteiger charge is 2.17. The molecule has 6 heteroatoms. The monoisotopic (exact) mass is 412 g/mol. The Labute approximate surface area is 171 Å². The van der Waals surface area contributed by atoms with Crippen molar-refractivity contribution >= 4 is 28.0 Å². The molecule has 0 aliphatic heterocycles. The molecule has 0 spiro atoms. The molecule has 0 aliphatic rings. The summed E-state index contributed by atoms with van der Waals surface area (Å²) in [7, 11) is -3.44. The van der Waals surface area contributed by atoms with E-state index in [1.165, 1.54) is 0 Å². The first-order valence-electron chi connectivity index (χ1n) is 9.55. The average molecular weight is 413 g/mol. The van der Waals surface area contributed by atoms with Gasteiger partial charge in [-0.25, -0.2) is 0 Å². The van der Waals surface area contributed by atoms with E-state index in [-0.39, 0.29) is 0 Å². The van der Waals surface area contributed by atoms with E-state index in [2.05, 4.69) is 74.5 Å². The predicted molar refractivity (Wildman–Crippen MR) is 124 cm³/mol. The molecular weight excluding hydrogens is 380 g/mol. The standard InChI is InChI=1S/C22H32N2O2Si2/c1-27(2,3)25-23-21(19-13-9-7-10-14-19)17-18-22(24-26-28(4,5)6)20-15-11-8-12-16-20/h7-18,23-24H,1-6H3. The molecule has 28 heavy (non-hydrogen) atoms. The molecule has 2 N–H and O–H groups in total. The van der Waals surface area contributed by atoms with Crippen molar-refractivity contribution in [3.8, 4) is 0 Å². The first-order chi connectivity index (χ1) is 13.1. The smallest absolute Gasteiger partial charge is 0.220 e. The minimum atomic E-state index is -1.72. The first-order valence-corrected chi connectivity index (χ1v) is 16.4. The fourth-order valence-electron chi connectivity index (χ4n) is 2.20. The Morgan fingerprint density at radius 3 is 1.21 bits per heavy atom. The Bertz CT molecular complexity index is 723. The van der Waals surface area contributed by atoms with E-state index in [1.807, 2.05) is 48.6 Å². The number of nitrogens with one attached hydrogen (secondary N) is 2. The maximum atomic E-state index is 5.94. The summed E-state index contributed by atoms with van der Waals surface area (Å²) in [6.45, 7) is 12.9. The van der Waals surface area contributed by atoms with Crippen LogP contribution in [-0.2, 0) is 9.05 Å². The lowest BCUT2D eigenvalue weighted by Crippen LogP contribution is -2.33. The fourth-order valence-corrected chi connectivity index (χ4v) is 3.03. The van der Waals surface area contributed by atoms with Crippen molar-refractivity contribution in [3.63, 3.8) is 0 Å². The molecule has 0 atom stereocenters. The highest BCUT2D eigenvalue weighted by molar-refractivity contribution is 6.70. The molecule has 0 heterocycles. The summed E-state index contributed by atoms with van der Waals surface area (Å²) in [5.41, 5.74) is 10.3. The van der Waals surface area contributed by atoms with E-state index in [0.29, 0.717) is 0 Å². The molecule has 2 rings (SSSR count). The molecule has 0 fully saturated rings. The second-order valence-electron chi connectivity index (χ2n) is 8.53. The summed E-state index contributed by atoms with van der Waals surface area (Å²) in [6.07, 6.45) is 4.05. The average Bonchev–Trinajstić information content (AvgIpc) is 2.64. The predicted octanol–water partition coefficient (Wildman–Crippen LogP) is 5.78. The highest BCUT2D eigenvalue weighted by atomic mass is 28.4. The minimum Gasteiger partial charge on any atom is -0.323 e. The molecule has 0 bridgehead atoms. The second-order valence-corrected chi connectivity index (χ2v) is 17.4. The number of rotatable bonds is 9. The largest absolute Gasteiger partial charge is 0.323 e. The van der Waals surface area contributed by atoms with Crippen molar-refractivity contribution in [3.05, 3.63) is 83.9 Å². The molecule has 0 saturated heterocycles.